The molecule has 1 atom stereocenters. The van der Waals surface area contributed by atoms with E-state index in [1.54, 1.807) is 12.1 Å². The number of halogens is 3. The minimum atomic E-state index is -4.29. The summed E-state index contributed by atoms with van der Waals surface area (Å²) in [6.45, 7) is 4.62. The van der Waals surface area contributed by atoms with E-state index in [0.29, 0.717) is 24.9 Å². The first kappa shape index (κ1) is 23.1. The molecule has 0 saturated carbocycles. The van der Waals surface area contributed by atoms with Gasteiger partial charge in [-0.1, -0.05) is 12.1 Å². The van der Waals surface area contributed by atoms with Gasteiger partial charge in [0.05, 0.1) is 5.56 Å². The molecule has 0 radical (unpaired) electrons. The third kappa shape index (κ3) is 6.45. The van der Waals surface area contributed by atoms with Crippen LogP contribution in [0.3, 0.4) is 0 Å². The van der Waals surface area contributed by atoms with Crippen LogP contribution in [0.2, 0.25) is 0 Å². The van der Waals surface area contributed by atoms with Gasteiger partial charge in [-0.05, 0) is 82.4 Å². The Labute approximate surface area is 178 Å². The van der Waals surface area contributed by atoms with E-state index in [9.17, 15) is 18.0 Å². The van der Waals surface area contributed by atoms with Crippen LogP contribution in [0.1, 0.15) is 49.7 Å². The van der Waals surface area contributed by atoms with Gasteiger partial charge in [0.25, 0.3) is 0 Å². The number of carbonyl (C=O) groups is 1. The normalized spacial score (nSPS) is 22.2. The number of nitrogens with zero attached hydrogens (tertiary/aromatic N) is 3. The zero-order chi connectivity index (χ0) is 21.7. The average molecular weight is 426 g/mol. The summed E-state index contributed by atoms with van der Waals surface area (Å²) in [6, 6.07) is 5.83. The standard InChI is InChI=1S/C23H34F3N3O/c1-27-14-11-21(12-15-27)28(2)22(30)10-7-18-4-3-13-29(16-18)17-19-5-8-20(9-6-19)23(24,25)26/h5-6,8-9,18,21H,3-4,7,10-17H2,1-2H3. The molecule has 2 aliphatic heterocycles. The van der Waals surface area contributed by atoms with Crippen LogP contribution in [0.25, 0.3) is 0 Å². The number of piperidine rings is 2. The Kier molecular flexibility index (Phi) is 7.80. The van der Waals surface area contributed by atoms with Crippen LogP contribution < -0.4 is 0 Å². The number of hydrogen-bond acceptors (Lipinski definition) is 3. The van der Waals surface area contributed by atoms with Gasteiger partial charge in [0, 0.05) is 32.6 Å². The molecule has 0 aromatic heterocycles. The number of rotatable bonds is 6. The van der Waals surface area contributed by atoms with Crippen LogP contribution in [0.4, 0.5) is 13.2 Å². The molecule has 0 aliphatic carbocycles. The molecular formula is C23H34F3N3O. The van der Waals surface area contributed by atoms with Crippen LogP contribution in [0.5, 0.6) is 0 Å². The fraction of sp³-hybridized carbons (Fsp3) is 0.696. The summed E-state index contributed by atoms with van der Waals surface area (Å²) in [5.41, 5.74) is 0.303. The van der Waals surface area contributed by atoms with Crippen LogP contribution in [-0.2, 0) is 17.5 Å². The van der Waals surface area contributed by atoms with Crippen LogP contribution in [-0.4, -0.2) is 66.9 Å². The Morgan fingerprint density at radius 3 is 2.40 bits per heavy atom. The number of alkyl halides is 3. The molecule has 1 unspecified atom stereocenters. The van der Waals surface area contributed by atoms with Crippen molar-refractivity contribution in [2.24, 2.45) is 5.92 Å². The highest BCUT2D eigenvalue weighted by atomic mass is 19.4. The van der Waals surface area contributed by atoms with E-state index in [0.717, 1.165) is 76.0 Å². The van der Waals surface area contributed by atoms with Crippen molar-refractivity contribution in [2.45, 2.75) is 57.3 Å². The summed E-state index contributed by atoms with van der Waals surface area (Å²) < 4.78 is 38.2. The summed E-state index contributed by atoms with van der Waals surface area (Å²) in [4.78, 5) is 19.2. The van der Waals surface area contributed by atoms with Crippen LogP contribution in [0.15, 0.2) is 24.3 Å². The van der Waals surface area contributed by atoms with Gasteiger partial charge in [-0.2, -0.15) is 13.2 Å². The topological polar surface area (TPSA) is 26.8 Å². The van der Waals surface area contributed by atoms with Crippen molar-refractivity contribution in [1.29, 1.82) is 0 Å². The molecule has 1 aromatic carbocycles. The minimum Gasteiger partial charge on any atom is -0.343 e. The Bertz CT molecular complexity index is 684. The molecule has 3 rings (SSSR count). The first-order valence-electron chi connectivity index (χ1n) is 11.0. The molecule has 0 bridgehead atoms. The van der Waals surface area contributed by atoms with E-state index in [-0.39, 0.29) is 5.91 Å². The number of likely N-dealkylation sites (tertiary alicyclic amines) is 2. The van der Waals surface area contributed by atoms with Crippen molar-refractivity contribution in [2.75, 3.05) is 40.3 Å². The lowest BCUT2D eigenvalue weighted by molar-refractivity contribution is -0.137. The number of benzene rings is 1. The zero-order valence-electron chi connectivity index (χ0n) is 18.1. The van der Waals surface area contributed by atoms with E-state index < -0.39 is 11.7 Å². The molecule has 168 valence electrons. The van der Waals surface area contributed by atoms with Gasteiger partial charge in [0.15, 0.2) is 0 Å². The fourth-order valence-electron chi connectivity index (χ4n) is 4.68. The highest BCUT2D eigenvalue weighted by molar-refractivity contribution is 5.76. The summed E-state index contributed by atoms with van der Waals surface area (Å²) in [6.07, 6.45) is 1.47. The van der Waals surface area contributed by atoms with Crippen molar-refractivity contribution < 1.29 is 18.0 Å². The minimum absolute atomic E-state index is 0.240. The van der Waals surface area contributed by atoms with E-state index in [1.807, 2.05) is 11.9 Å². The van der Waals surface area contributed by atoms with E-state index >= 15 is 0 Å². The molecule has 1 amide bonds. The van der Waals surface area contributed by atoms with Gasteiger partial charge in [-0.15, -0.1) is 0 Å². The van der Waals surface area contributed by atoms with Crippen molar-refractivity contribution >= 4 is 5.91 Å². The van der Waals surface area contributed by atoms with Gasteiger partial charge < -0.3 is 9.80 Å². The van der Waals surface area contributed by atoms with Gasteiger partial charge in [-0.3, -0.25) is 9.69 Å². The molecule has 30 heavy (non-hydrogen) atoms. The van der Waals surface area contributed by atoms with Gasteiger partial charge in [-0.25, -0.2) is 0 Å². The molecule has 2 aliphatic rings. The third-order valence-corrected chi connectivity index (χ3v) is 6.69. The Morgan fingerprint density at radius 2 is 1.77 bits per heavy atom. The van der Waals surface area contributed by atoms with E-state index in [1.165, 1.54) is 0 Å². The molecular weight excluding hydrogens is 391 g/mol. The average Bonchev–Trinajstić information content (AvgIpc) is 2.72. The molecule has 0 N–H and O–H groups in total. The predicted molar refractivity (Wildman–Crippen MR) is 112 cm³/mol. The summed E-state index contributed by atoms with van der Waals surface area (Å²) in [7, 11) is 4.06. The first-order valence-corrected chi connectivity index (χ1v) is 11.0. The molecule has 2 heterocycles. The Hall–Kier alpha value is -1.60. The Morgan fingerprint density at radius 1 is 1.10 bits per heavy atom. The lowest BCUT2D eigenvalue weighted by atomic mass is 9.92. The maximum absolute atomic E-state index is 12.7. The lowest BCUT2D eigenvalue weighted by Crippen LogP contribution is -2.44. The molecule has 0 spiro atoms. The number of carbonyl (C=O) groups excluding carboxylic acids is 1. The second kappa shape index (κ2) is 10.1. The highest BCUT2D eigenvalue weighted by Gasteiger charge is 2.30. The second-order valence-corrected chi connectivity index (χ2v) is 9.02. The van der Waals surface area contributed by atoms with E-state index in [2.05, 4.69) is 16.8 Å². The molecule has 2 saturated heterocycles. The maximum atomic E-state index is 12.7. The van der Waals surface area contributed by atoms with Gasteiger partial charge in [0.2, 0.25) is 5.91 Å². The summed E-state index contributed by atoms with van der Waals surface area (Å²) in [5, 5.41) is 0. The molecule has 7 heteroatoms. The zero-order valence-corrected chi connectivity index (χ0v) is 18.1. The van der Waals surface area contributed by atoms with Crippen molar-refractivity contribution in [1.82, 2.24) is 14.7 Å². The monoisotopic (exact) mass is 425 g/mol. The number of amides is 1. The second-order valence-electron chi connectivity index (χ2n) is 9.02. The van der Waals surface area contributed by atoms with Crippen LogP contribution in [0, 0.1) is 5.92 Å². The fourth-order valence-corrected chi connectivity index (χ4v) is 4.68. The largest absolute Gasteiger partial charge is 0.416 e. The quantitative estimate of drug-likeness (QED) is 0.682. The van der Waals surface area contributed by atoms with Crippen molar-refractivity contribution in [3.05, 3.63) is 35.4 Å². The lowest BCUT2D eigenvalue weighted by Gasteiger charge is -2.36. The third-order valence-electron chi connectivity index (χ3n) is 6.69. The van der Waals surface area contributed by atoms with Gasteiger partial charge >= 0.3 is 6.18 Å². The molecule has 4 nitrogen and oxygen atoms in total. The first-order chi connectivity index (χ1) is 14.2. The summed E-state index contributed by atoms with van der Waals surface area (Å²) >= 11 is 0. The molecule has 2 fully saturated rings. The summed E-state index contributed by atoms with van der Waals surface area (Å²) in [5.74, 6) is 0.715. The predicted octanol–water partition coefficient (Wildman–Crippen LogP) is 4.25. The SMILES string of the molecule is CN1CCC(N(C)C(=O)CCC2CCCN(Cc3ccc(C(F)(F)F)cc3)C2)CC1. The highest BCUT2D eigenvalue weighted by Crippen LogP contribution is 2.30. The van der Waals surface area contributed by atoms with E-state index in [4.69, 9.17) is 0 Å². The molecule has 1 aromatic rings. The van der Waals surface area contributed by atoms with Crippen LogP contribution >= 0.6 is 0 Å². The maximum Gasteiger partial charge on any atom is 0.416 e. The van der Waals surface area contributed by atoms with Crippen molar-refractivity contribution in [3.63, 3.8) is 0 Å². The smallest absolute Gasteiger partial charge is 0.343 e. The number of hydrogen-bond donors (Lipinski definition) is 0. The van der Waals surface area contributed by atoms with Crippen molar-refractivity contribution in [3.8, 4) is 0 Å². The Balaban J connectivity index is 1.44. The van der Waals surface area contributed by atoms with Gasteiger partial charge in [0.1, 0.15) is 0 Å².